The fourth-order valence-electron chi connectivity index (χ4n) is 3.16. The van der Waals surface area contributed by atoms with Gasteiger partial charge in [0.1, 0.15) is 23.4 Å². The lowest BCUT2D eigenvalue weighted by Gasteiger charge is -2.30. The fourth-order valence-corrected chi connectivity index (χ4v) is 3.68. The van der Waals surface area contributed by atoms with Gasteiger partial charge in [0.05, 0.1) is 10.7 Å². The molecule has 2 atom stereocenters. The second kappa shape index (κ2) is 11.9. The number of hydrogen-bond donors (Lipinski definition) is 4. The Hall–Kier alpha value is -3.35. The number of phenolic OH excluding ortho intramolecular Hbond substituents is 1. The van der Waals surface area contributed by atoms with Gasteiger partial charge in [-0.05, 0) is 57.0 Å². The molecular weight excluding hydrogens is 490 g/mol. The maximum atomic E-state index is 13.5. The number of anilines is 1. The number of nitrogens with zero attached hydrogens (tertiary/aromatic N) is 1. The highest BCUT2D eigenvalue weighted by atomic mass is 35.5. The third-order valence-electron chi connectivity index (χ3n) is 4.71. The minimum absolute atomic E-state index is 0.117. The predicted octanol–water partition coefficient (Wildman–Crippen LogP) is 4.28. The van der Waals surface area contributed by atoms with Crippen LogP contribution in [-0.4, -0.2) is 45.3 Å². The zero-order valence-corrected chi connectivity index (χ0v) is 21.5. The molecule has 0 radical (unpaired) electrons. The van der Waals surface area contributed by atoms with E-state index in [4.69, 9.17) is 22.8 Å². The van der Waals surface area contributed by atoms with E-state index >= 15 is 0 Å². The van der Waals surface area contributed by atoms with Crippen molar-refractivity contribution in [2.45, 2.75) is 45.4 Å². The van der Waals surface area contributed by atoms with Gasteiger partial charge in [0.25, 0.3) is 11.8 Å². The van der Waals surface area contributed by atoms with Crippen LogP contribution in [0.3, 0.4) is 0 Å². The second-order valence-corrected chi connectivity index (χ2v) is 9.41. The Morgan fingerprint density at radius 3 is 2.43 bits per heavy atom. The van der Waals surface area contributed by atoms with Crippen molar-refractivity contribution in [1.29, 1.82) is 0 Å². The third-order valence-corrected chi connectivity index (χ3v) is 5.39. The number of carbonyl (C=O) groups is 3. The SMILES string of the molecule is C#CN(C(=O)C(CS)NC(=O)OC(C)(C)C)C(C(=O)Nc1c(C)cccc1Cl)c1cccc(O)c1. The van der Waals surface area contributed by atoms with Crippen LogP contribution in [0.2, 0.25) is 5.02 Å². The van der Waals surface area contributed by atoms with E-state index in [2.05, 4.69) is 29.3 Å². The molecule has 0 saturated carbocycles. The second-order valence-electron chi connectivity index (χ2n) is 8.64. The summed E-state index contributed by atoms with van der Waals surface area (Å²) >= 11 is 10.4. The third kappa shape index (κ3) is 7.57. The lowest BCUT2D eigenvalue weighted by atomic mass is 10.0. The highest BCUT2D eigenvalue weighted by Gasteiger charge is 2.36. The highest BCUT2D eigenvalue weighted by molar-refractivity contribution is 7.80. The van der Waals surface area contributed by atoms with E-state index in [1.54, 1.807) is 45.9 Å². The lowest BCUT2D eigenvalue weighted by molar-refractivity contribution is -0.136. The molecule has 8 nitrogen and oxygen atoms in total. The van der Waals surface area contributed by atoms with Crippen molar-refractivity contribution >= 4 is 47.8 Å². The summed E-state index contributed by atoms with van der Waals surface area (Å²) in [5, 5.41) is 15.5. The summed E-state index contributed by atoms with van der Waals surface area (Å²) in [7, 11) is 0. The first-order chi connectivity index (χ1) is 16.4. The standard InChI is InChI=1S/C25H28ClN3O5S/c1-6-29(23(32)19(14-35)27-24(33)34-25(3,4)5)21(16-10-8-11-17(30)13-16)22(31)28-20-15(2)9-7-12-18(20)26/h1,7-13,19,21,30,35H,14H2,2-5H3,(H,27,33)(H,28,31). The van der Waals surface area contributed by atoms with Gasteiger partial charge in [0, 0.05) is 11.8 Å². The number of ether oxygens (including phenoxy) is 1. The van der Waals surface area contributed by atoms with Gasteiger partial charge in [0.15, 0.2) is 0 Å². The molecule has 0 saturated heterocycles. The number of benzene rings is 2. The quantitative estimate of drug-likeness (QED) is 0.249. The average Bonchev–Trinajstić information content (AvgIpc) is 2.76. The normalized spacial score (nSPS) is 12.6. The Labute approximate surface area is 215 Å². The Bertz CT molecular complexity index is 1120. The van der Waals surface area contributed by atoms with Crippen LogP contribution >= 0.6 is 24.2 Å². The molecule has 0 aromatic heterocycles. The summed E-state index contributed by atoms with van der Waals surface area (Å²) in [4.78, 5) is 40.0. The number of para-hydroxylation sites is 1. The van der Waals surface area contributed by atoms with E-state index in [1.807, 2.05) is 0 Å². The summed E-state index contributed by atoms with van der Waals surface area (Å²) < 4.78 is 5.21. The predicted molar refractivity (Wildman–Crippen MR) is 138 cm³/mol. The number of halogens is 1. The van der Waals surface area contributed by atoms with E-state index in [9.17, 15) is 19.5 Å². The number of phenols is 1. The zero-order valence-electron chi connectivity index (χ0n) is 19.8. The van der Waals surface area contributed by atoms with Crippen LogP contribution in [0.1, 0.15) is 37.9 Å². The first kappa shape index (κ1) is 27.9. The molecule has 2 aromatic rings. The molecule has 186 valence electrons. The van der Waals surface area contributed by atoms with E-state index in [1.165, 1.54) is 24.3 Å². The molecule has 35 heavy (non-hydrogen) atoms. The van der Waals surface area contributed by atoms with Crippen LogP contribution in [0.25, 0.3) is 0 Å². The van der Waals surface area contributed by atoms with Crippen LogP contribution < -0.4 is 10.6 Å². The number of aryl methyl sites for hydroxylation is 1. The van der Waals surface area contributed by atoms with Crippen molar-refractivity contribution in [1.82, 2.24) is 10.2 Å². The minimum Gasteiger partial charge on any atom is -0.508 e. The van der Waals surface area contributed by atoms with Gasteiger partial charge in [0.2, 0.25) is 0 Å². The molecule has 0 fully saturated rings. The van der Waals surface area contributed by atoms with Crippen LogP contribution in [0.4, 0.5) is 10.5 Å². The lowest BCUT2D eigenvalue weighted by Crippen LogP contribution is -2.51. The molecule has 2 aromatic carbocycles. The Kier molecular flexibility index (Phi) is 9.46. The van der Waals surface area contributed by atoms with E-state index in [-0.39, 0.29) is 17.1 Å². The van der Waals surface area contributed by atoms with Crippen LogP contribution in [0, 0.1) is 19.4 Å². The number of alkyl carbamates (subject to hydrolysis) is 1. The van der Waals surface area contributed by atoms with Crippen molar-refractivity contribution in [3.8, 4) is 18.2 Å². The molecule has 0 aliphatic heterocycles. The fraction of sp³-hybridized carbons (Fsp3) is 0.320. The number of hydrogen-bond acceptors (Lipinski definition) is 6. The first-order valence-corrected chi connectivity index (χ1v) is 11.6. The molecule has 0 heterocycles. The van der Waals surface area contributed by atoms with Crippen LogP contribution in [0.5, 0.6) is 5.75 Å². The van der Waals surface area contributed by atoms with Crippen molar-refractivity contribution < 1.29 is 24.2 Å². The smallest absolute Gasteiger partial charge is 0.408 e. The molecular formula is C25H28ClN3O5S. The Morgan fingerprint density at radius 2 is 1.89 bits per heavy atom. The van der Waals surface area contributed by atoms with Gasteiger partial charge in [-0.1, -0.05) is 42.3 Å². The maximum Gasteiger partial charge on any atom is 0.408 e. The number of aromatic hydroxyl groups is 1. The Balaban J connectivity index is 2.45. The molecule has 2 rings (SSSR count). The van der Waals surface area contributed by atoms with Crippen molar-refractivity contribution in [3.05, 3.63) is 58.6 Å². The molecule has 0 aliphatic carbocycles. The van der Waals surface area contributed by atoms with Gasteiger partial charge >= 0.3 is 6.09 Å². The average molecular weight is 518 g/mol. The first-order valence-electron chi connectivity index (χ1n) is 10.6. The van der Waals surface area contributed by atoms with Crippen molar-refractivity contribution in [2.75, 3.05) is 11.1 Å². The summed E-state index contributed by atoms with van der Waals surface area (Å²) in [6, 6.07) is 10.6. The summed E-state index contributed by atoms with van der Waals surface area (Å²) in [6.07, 6.45) is 4.84. The summed E-state index contributed by atoms with van der Waals surface area (Å²) in [6.45, 7) is 6.79. The number of rotatable bonds is 7. The molecule has 3 N–H and O–H groups in total. The molecule has 0 aliphatic rings. The molecule has 0 spiro atoms. The highest BCUT2D eigenvalue weighted by Crippen LogP contribution is 2.30. The zero-order chi connectivity index (χ0) is 26.3. The number of nitrogens with one attached hydrogen (secondary N) is 2. The number of terminal acetylenes is 1. The monoisotopic (exact) mass is 517 g/mol. The van der Waals surface area contributed by atoms with E-state index in [0.29, 0.717) is 16.3 Å². The van der Waals surface area contributed by atoms with Crippen LogP contribution in [0.15, 0.2) is 42.5 Å². The van der Waals surface area contributed by atoms with Crippen molar-refractivity contribution in [3.63, 3.8) is 0 Å². The number of amides is 3. The molecule has 0 bridgehead atoms. The number of thiol groups is 1. The summed E-state index contributed by atoms with van der Waals surface area (Å²) in [5.74, 6) is -1.69. The van der Waals surface area contributed by atoms with Gasteiger partial charge in [-0.3, -0.25) is 14.5 Å². The number of carbonyl (C=O) groups excluding carboxylic acids is 3. The van der Waals surface area contributed by atoms with Gasteiger partial charge in [-0.25, -0.2) is 4.79 Å². The van der Waals surface area contributed by atoms with Gasteiger partial charge in [-0.15, -0.1) is 0 Å². The minimum atomic E-state index is -1.36. The molecule has 2 unspecified atom stereocenters. The van der Waals surface area contributed by atoms with Gasteiger partial charge < -0.3 is 20.5 Å². The largest absolute Gasteiger partial charge is 0.508 e. The Morgan fingerprint density at radius 1 is 1.23 bits per heavy atom. The molecule has 10 heteroatoms. The molecule has 3 amide bonds. The summed E-state index contributed by atoms with van der Waals surface area (Å²) in [5.41, 5.74) is 0.496. The van der Waals surface area contributed by atoms with E-state index in [0.717, 1.165) is 4.90 Å². The van der Waals surface area contributed by atoms with Crippen LogP contribution in [-0.2, 0) is 14.3 Å². The van der Waals surface area contributed by atoms with Crippen molar-refractivity contribution in [2.24, 2.45) is 0 Å². The topological polar surface area (TPSA) is 108 Å². The van der Waals surface area contributed by atoms with E-state index < -0.39 is 35.6 Å². The van der Waals surface area contributed by atoms with Gasteiger partial charge in [-0.2, -0.15) is 12.6 Å². The maximum absolute atomic E-state index is 13.5.